The van der Waals surface area contributed by atoms with Crippen LogP contribution in [0.25, 0.3) is 0 Å². The number of hydrogen-bond acceptors (Lipinski definition) is 4. The Balaban J connectivity index is 2.11. The van der Waals surface area contributed by atoms with Gasteiger partial charge in [0.1, 0.15) is 5.75 Å². The van der Waals surface area contributed by atoms with E-state index < -0.39 is 5.72 Å². The van der Waals surface area contributed by atoms with Crippen molar-refractivity contribution in [3.05, 3.63) is 23.8 Å². The summed E-state index contributed by atoms with van der Waals surface area (Å²) in [5.41, 5.74) is 0.876. The molecular weight excluding hydrogens is 218 g/mol. The molecule has 17 heavy (non-hydrogen) atoms. The van der Waals surface area contributed by atoms with E-state index in [-0.39, 0.29) is 5.78 Å². The van der Waals surface area contributed by atoms with Crippen molar-refractivity contribution in [3.63, 3.8) is 0 Å². The summed E-state index contributed by atoms with van der Waals surface area (Å²) in [5.74, 6) is 0.841. The minimum absolute atomic E-state index is 0.0788. The largest absolute Gasteiger partial charge is 0.497 e. The average molecular weight is 233 g/mol. The molecule has 2 aliphatic rings. The van der Waals surface area contributed by atoms with Crippen molar-refractivity contribution >= 4 is 11.5 Å². The van der Waals surface area contributed by atoms with Crippen LogP contribution in [-0.4, -0.2) is 32.3 Å². The Hall–Kier alpha value is -1.55. The lowest BCUT2D eigenvalue weighted by atomic mass is 10.0. The van der Waals surface area contributed by atoms with Gasteiger partial charge in [0.15, 0.2) is 0 Å². The van der Waals surface area contributed by atoms with Gasteiger partial charge in [-0.3, -0.25) is 4.79 Å². The van der Waals surface area contributed by atoms with Crippen LogP contribution in [0.5, 0.6) is 5.75 Å². The summed E-state index contributed by atoms with van der Waals surface area (Å²) in [4.78, 5) is 14.4. The van der Waals surface area contributed by atoms with Crippen molar-refractivity contribution in [2.24, 2.45) is 0 Å². The van der Waals surface area contributed by atoms with Crippen LogP contribution in [0.2, 0.25) is 0 Å². The zero-order chi connectivity index (χ0) is 12.0. The highest BCUT2D eigenvalue weighted by molar-refractivity contribution is 6.13. The van der Waals surface area contributed by atoms with Gasteiger partial charge in [-0.25, -0.2) is 0 Å². The molecule has 2 heterocycles. The van der Waals surface area contributed by atoms with Gasteiger partial charge < -0.3 is 14.4 Å². The molecule has 1 aromatic rings. The number of fused-ring (bicyclic) bond motifs is 1. The maximum atomic E-state index is 12.4. The first-order valence-corrected chi connectivity index (χ1v) is 5.80. The lowest BCUT2D eigenvalue weighted by molar-refractivity contribution is 0.0165. The van der Waals surface area contributed by atoms with Crippen LogP contribution in [0.15, 0.2) is 18.2 Å². The van der Waals surface area contributed by atoms with Crippen LogP contribution < -0.4 is 9.64 Å². The summed E-state index contributed by atoms with van der Waals surface area (Å²) >= 11 is 0. The van der Waals surface area contributed by atoms with Crippen molar-refractivity contribution in [2.45, 2.75) is 18.6 Å². The second-order valence-electron chi connectivity index (χ2n) is 4.51. The zero-order valence-electron chi connectivity index (χ0n) is 10.0. The molecule has 0 aromatic heterocycles. The van der Waals surface area contributed by atoms with Gasteiger partial charge in [-0.05, 0) is 18.6 Å². The Bertz CT molecular complexity index is 478. The van der Waals surface area contributed by atoms with E-state index in [1.54, 1.807) is 7.11 Å². The number of nitrogens with zero attached hydrogens (tertiary/aromatic N) is 1. The highest BCUT2D eigenvalue weighted by Gasteiger charge is 2.52. The maximum Gasteiger partial charge on any atom is 0.217 e. The summed E-state index contributed by atoms with van der Waals surface area (Å²) < 4.78 is 10.9. The molecule has 3 rings (SSSR count). The first kappa shape index (κ1) is 10.6. The van der Waals surface area contributed by atoms with Gasteiger partial charge >= 0.3 is 0 Å². The van der Waals surface area contributed by atoms with Crippen LogP contribution in [0.3, 0.4) is 0 Å². The van der Waals surface area contributed by atoms with Crippen molar-refractivity contribution in [1.82, 2.24) is 0 Å². The molecule has 1 aromatic carbocycles. The maximum absolute atomic E-state index is 12.4. The molecule has 1 atom stereocenters. The molecule has 90 valence electrons. The van der Waals surface area contributed by atoms with Gasteiger partial charge in [-0.2, -0.15) is 0 Å². The molecule has 0 bridgehead atoms. The Labute approximate surface area is 100 Å². The molecule has 0 amide bonds. The number of carbonyl (C=O) groups excluding carboxylic acids is 1. The van der Waals surface area contributed by atoms with Gasteiger partial charge in [0, 0.05) is 25.1 Å². The fourth-order valence-electron chi connectivity index (χ4n) is 2.73. The summed E-state index contributed by atoms with van der Waals surface area (Å²) in [5, 5.41) is 0. The monoisotopic (exact) mass is 233 g/mol. The minimum atomic E-state index is -0.755. The van der Waals surface area contributed by atoms with Crippen molar-refractivity contribution in [1.29, 1.82) is 0 Å². The third-order valence-electron chi connectivity index (χ3n) is 3.71. The van der Waals surface area contributed by atoms with Gasteiger partial charge in [0.25, 0.3) is 0 Å². The Morgan fingerprint density at radius 1 is 1.47 bits per heavy atom. The van der Waals surface area contributed by atoms with Crippen LogP contribution in [-0.2, 0) is 4.74 Å². The van der Waals surface area contributed by atoms with E-state index in [9.17, 15) is 4.79 Å². The zero-order valence-corrected chi connectivity index (χ0v) is 10.0. The molecule has 0 radical (unpaired) electrons. The van der Waals surface area contributed by atoms with E-state index in [1.807, 2.05) is 30.1 Å². The molecule has 1 unspecified atom stereocenters. The van der Waals surface area contributed by atoms with Crippen molar-refractivity contribution in [3.8, 4) is 5.75 Å². The van der Waals surface area contributed by atoms with Crippen LogP contribution in [0.1, 0.15) is 23.2 Å². The number of ketones is 1. The second kappa shape index (κ2) is 3.47. The molecule has 0 aliphatic carbocycles. The fourth-order valence-corrected chi connectivity index (χ4v) is 2.73. The topological polar surface area (TPSA) is 38.8 Å². The number of anilines is 1. The van der Waals surface area contributed by atoms with Gasteiger partial charge in [-0.15, -0.1) is 0 Å². The van der Waals surface area contributed by atoms with Crippen LogP contribution >= 0.6 is 0 Å². The lowest BCUT2D eigenvalue weighted by Crippen LogP contribution is -2.47. The molecule has 0 saturated carbocycles. The smallest absolute Gasteiger partial charge is 0.217 e. The SMILES string of the molecule is COc1ccc2c(c1)N(C)C1(CCCO1)C2=O. The molecule has 4 heteroatoms. The number of carbonyl (C=O) groups is 1. The molecule has 1 saturated heterocycles. The third-order valence-corrected chi connectivity index (χ3v) is 3.71. The number of likely N-dealkylation sites (N-methyl/N-ethyl adjacent to an activating group) is 1. The highest BCUT2D eigenvalue weighted by atomic mass is 16.5. The highest BCUT2D eigenvalue weighted by Crippen LogP contribution is 2.44. The second-order valence-corrected chi connectivity index (χ2v) is 4.51. The predicted octanol–water partition coefficient (Wildman–Crippen LogP) is 1.83. The van der Waals surface area contributed by atoms with E-state index in [0.29, 0.717) is 6.61 Å². The standard InChI is InChI=1S/C13H15NO3/c1-14-11-8-9(16-2)4-5-10(11)12(15)13(14)6-3-7-17-13/h4-5,8H,3,6-7H2,1-2H3. The minimum Gasteiger partial charge on any atom is -0.497 e. The number of methoxy groups -OCH3 is 1. The molecule has 0 N–H and O–H groups in total. The quantitative estimate of drug-likeness (QED) is 0.742. The summed E-state index contributed by atoms with van der Waals surface area (Å²) in [6.45, 7) is 0.654. The fraction of sp³-hybridized carbons (Fsp3) is 0.462. The summed E-state index contributed by atoms with van der Waals surface area (Å²) in [6.07, 6.45) is 1.69. The number of ether oxygens (including phenoxy) is 2. The lowest BCUT2D eigenvalue weighted by Gasteiger charge is -2.30. The summed E-state index contributed by atoms with van der Waals surface area (Å²) in [6, 6.07) is 5.53. The predicted molar refractivity (Wildman–Crippen MR) is 63.6 cm³/mol. The molecule has 4 nitrogen and oxygen atoms in total. The number of benzene rings is 1. The van der Waals surface area contributed by atoms with Crippen molar-refractivity contribution in [2.75, 3.05) is 25.7 Å². The Morgan fingerprint density at radius 2 is 2.29 bits per heavy atom. The van der Waals surface area contributed by atoms with E-state index >= 15 is 0 Å². The molecular formula is C13H15NO3. The first-order chi connectivity index (χ1) is 8.19. The van der Waals surface area contributed by atoms with Gasteiger partial charge in [0.05, 0.1) is 19.4 Å². The summed E-state index contributed by atoms with van der Waals surface area (Å²) in [7, 11) is 3.54. The Kier molecular flexibility index (Phi) is 2.16. The van der Waals surface area contributed by atoms with E-state index in [4.69, 9.17) is 9.47 Å². The van der Waals surface area contributed by atoms with E-state index in [1.165, 1.54) is 0 Å². The van der Waals surface area contributed by atoms with E-state index in [0.717, 1.165) is 29.8 Å². The molecule has 2 aliphatic heterocycles. The number of hydrogen-bond donors (Lipinski definition) is 0. The van der Waals surface area contributed by atoms with Crippen LogP contribution in [0, 0.1) is 0 Å². The van der Waals surface area contributed by atoms with Gasteiger partial charge in [0.2, 0.25) is 11.5 Å². The van der Waals surface area contributed by atoms with Crippen LogP contribution in [0.4, 0.5) is 5.69 Å². The number of rotatable bonds is 1. The molecule has 1 fully saturated rings. The first-order valence-electron chi connectivity index (χ1n) is 5.80. The number of Topliss-reactive ketones (excluding diaryl/α,β-unsaturated/α-hetero) is 1. The Morgan fingerprint density at radius 3 is 2.94 bits per heavy atom. The van der Waals surface area contributed by atoms with E-state index in [2.05, 4.69) is 0 Å². The average Bonchev–Trinajstić information content (AvgIpc) is 2.92. The normalized spacial score (nSPS) is 26.7. The third kappa shape index (κ3) is 1.24. The molecule has 1 spiro atoms. The van der Waals surface area contributed by atoms with Crippen molar-refractivity contribution < 1.29 is 14.3 Å². The van der Waals surface area contributed by atoms with Gasteiger partial charge in [-0.1, -0.05) is 0 Å².